The lowest BCUT2D eigenvalue weighted by Gasteiger charge is -2.36. The smallest absolute Gasteiger partial charge is 0.258 e. The zero-order valence-electron chi connectivity index (χ0n) is 13.8. The summed E-state index contributed by atoms with van der Waals surface area (Å²) in [6, 6.07) is 0. The summed E-state index contributed by atoms with van der Waals surface area (Å²) in [7, 11) is 0. The number of nitrogens with one attached hydrogen (secondary N) is 1. The van der Waals surface area contributed by atoms with Gasteiger partial charge in [0.2, 0.25) is 0 Å². The molecule has 3 saturated heterocycles. The number of rotatable bonds is 2. The first-order chi connectivity index (χ1) is 11.2. The van der Waals surface area contributed by atoms with Crippen LogP contribution in [0.3, 0.4) is 0 Å². The van der Waals surface area contributed by atoms with Crippen LogP contribution in [0.2, 0.25) is 0 Å². The van der Waals surface area contributed by atoms with Crippen LogP contribution in [0.4, 0.5) is 5.13 Å². The Morgan fingerprint density at radius 2 is 1.75 bits per heavy atom. The highest BCUT2D eigenvalue weighted by Crippen LogP contribution is 2.44. The molecule has 4 rings (SSSR count). The van der Waals surface area contributed by atoms with E-state index in [-0.39, 0.29) is 5.91 Å². The largest absolute Gasteiger partial charge is 0.342 e. The van der Waals surface area contributed by atoms with Crippen LogP contribution in [0.1, 0.15) is 27.7 Å². The van der Waals surface area contributed by atoms with Crippen molar-refractivity contribution < 1.29 is 28.5 Å². The summed E-state index contributed by atoms with van der Waals surface area (Å²) in [5.41, 5.74) is 0. The molecule has 0 spiro atoms. The Morgan fingerprint density at radius 1 is 1.08 bits per heavy atom. The number of amides is 1. The molecular weight excluding hydrogens is 336 g/mol. The summed E-state index contributed by atoms with van der Waals surface area (Å²) in [5, 5.41) is 5.03. The Hall–Kier alpha value is -1.10. The average Bonchev–Trinajstić information content (AvgIpc) is 3.13. The SMILES string of the molecule is CC1(C)O[C@H]2[C@@H](O1)[C@@H](C(=O)Nc1nccs1)O[C@H]1OC(C)(C)O[C@@H]12. The second-order valence-electron chi connectivity index (χ2n) is 6.92. The number of fused-ring (bicyclic) bond motifs is 3. The van der Waals surface area contributed by atoms with Crippen molar-refractivity contribution in [3.63, 3.8) is 0 Å². The maximum Gasteiger partial charge on any atom is 0.258 e. The van der Waals surface area contributed by atoms with Crippen molar-refractivity contribution in [3.8, 4) is 0 Å². The lowest BCUT2D eigenvalue weighted by atomic mass is 9.98. The fourth-order valence-corrected chi connectivity index (χ4v) is 3.82. The van der Waals surface area contributed by atoms with Crippen molar-refractivity contribution in [2.24, 2.45) is 0 Å². The third-order valence-corrected chi connectivity index (χ3v) is 4.76. The lowest BCUT2D eigenvalue weighted by molar-refractivity contribution is -0.229. The van der Waals surface area contributed by atoms with Gasteiger partial charge in [0.1, 0.15) is 18.3 Å². The predicted molar refractivity (Wildman–Crippen MR) is 83.3 cm³/mol. The van der Waals surface area contributed by atoms with E-state index >= 15 is 0 Å². The van der Waals surface area contributed by atoms with E-state index in [1.165, 1.54) is 11.3 Å². The van der Waals surface area contributed by atoms with Gasteiger partial charge in [0.05, 0.1) is 0 Å². The highest BCUT2D eigenvalue weighted by molar-refractivity contribution is 7.13. The summed E-state index contributed by atoms with van der Waals surface area (Å²) in [6.45, 7) is 7.21. The minimum Gasteiger partial charge on any atom is -0.342 e. The van der Waals surface area contributed by atoms with Crippen molar-refractivity contribution in [2.75, 3.05) is 5.32 Å². The molecule has 3 fully saturated rings. The molecule has 5 atom stereocenters. The molecule has 1 N–H and O–H groups in total. The van der Waals surface area contributed by atoms with Gasteiger partial charge in [0, 0.05) is 11.6 Å². The molecule has 1 aromatic rings. The summed E-state index contributed by atoms with van der Waals surface area (Å²) in [5.74, 6) is -1.98. The third-order valence-electron chi connectivity index (χ3n) is 4.08. The summed E-state index contributed by atoms with van der Waals surface area (Å²) >= 11 is 1.33. The molecule has 4 heterocycles. The maximum absolute atomic E-state index is 12.7. The van der Waals surface area contributed by atoms with Gasteiger partial charge < -0.3 is 23.7 Å². The highest BCUT2D eigenvalue weighted by Gasteiger charge is 2.62. The molecule has 3 aliphatic rings. The number of hydrogen-bond acceptors (Lipinski definition) is 8. The number of carbonyl (C=O) groups excluding carboxylic acids is 1. The van der Waals surface area contributed by atoms with E-state index in [0.717, 1.165) is 0 Å². The summed E-state index contributed by atoms with van der Waals surface area (Å²) in [6.07, 6.45) is -1.43. The van der Waals surface area contributed by atoms with Crippen LogP contribution in [-0.2, 0) is 28.5 Å². The van der Waals surface area contributed by atoms with E-state index in [4.69, 9.17) is 23.7 Å². The number of hydrogen-bond donors (Lipinski definition) is 1. The van der Waals surface area contributed by atoms with E-state index in [2.05, 4.69) is 10.3 Å². The lowest BCUT2D eigenvalue weighted by Crippen LogP contribution is -2.58. The van der Waals surface area contributed by atoms with E-state index < -0.39 is 42.3 Å². The van der Waals surface area contributed by atoms with E-state index in [1.807, 2.05) is 0 Å². The van der Waals surface area contributed by atoms with Crippen LogP contribution in [0.15, 0.2) is 11.6 Å². The molecule has 1 amide bonds. The fraction of sp³-hybridized carbons (Fsp3) is 0.733. The predicted octanol–water partition coefficient (Wildman–Crippen LogP) is 1.48. The Balaban J connectivity index is 1.59. The number of ether oxygens (including phenoxy) is 5. The molecule has 8 nitrogen and oxygen atoms in total. The second-order valence-corrected chi connectivity index (χ2v) is 7.81. The van der Waals surface area contributed by atoms with Gasteiger partial charge in [0.25, 0.3) is 5.91 Å². The van der Waals surface area contributed by atoms with Crippen molar-refractivity contribution in [1.29, 1.82) is 0 Å². The molecule has 9 heteroatoms. The molecule has 132 valence electrons. The van der Waals surface area contributed by atoms with Crippen LogP contribution in [0.5, 0.6) is 0 Å². The Morgan fingerprint density at radius 3 is 2.46 bits per heavy atom. The molecule has 0 aliphatic carbocycles. The Kier molecular flexibility index (Phi) is 3.72. The molecule has 1 aromatic heterocycles. The summed E-state index contributed by atoms with van der Waals surface area (Å²) < 4.78 is 29.4. The third kappa shape index (κ3) is 2.85. The molecule has 3 aliphatic heterocycles. The van der Waals surface area contributed by atoms with E-state index in [9.17, 15) is 4.79 Å². The quantitative estimate of drug-likeness (QED) is 0.858. The molecule has 0 aromatic carbocycles. The van der Waals surface area contributed by atoms with Crippen molar-refractivity contribution in [3.05, 3.63) is 11.6 Å². The van der Waals surface area contributed by atoms with Crippen LogP contribution >= 0.6 is 11.3 Å². The number of carbonyl (C=O) groups is 1. The molecule has 0 radical (unpaired) electrons. The van der Waals surface area contributed by atoms with E-state index in [1.54, 1.807) is 39.3 Å². The van der Waals surface area contributed by atoms with Crippen LogP contribution < -0.4 is 5.32 Å². The van der Waals surface area contributed by atoms with Crippen LogP contribution in [0, 0.1) is 0 Å². The first-order valence-electron chi connectivity index (χ1n) is 7.81. The van der Waals surface area contributed by atoms with Gasteiger partial charge in [-0.3, -0.25) is 10.1 Å². The number of anilines is 1. The molecule has 0 saturated carbocycles. The topological polar surface area (TPSA) is 88.1 Å². The van der Waals surface area contributed by atoms with Crippen LogP contribution in [0.25, 0.3) is 0 Å². The van der Waals surface area contributed by atoms with Crippen LogP contribution in [-0.4, -0.2) is 53.2 Å². The Labute approximate surface area is 143 Å². The normalized spacial score (nSPS) is 39.2. The van der Waals surface area contributed by atoms with Gasteiger partial charge in [-0.15, -0.1) is 11.3 Å². The average molecular weight is 356 g/mol. The monoisotopic (exact) mass is 356 g/mol. The molecule has 0 unspecified atom stereocenters. The van der Waals surface area contributed by atoms with Crippen molar-refractivity contribution >= 4 is 22.4 Å². The van der Waals surface area contributed by atoms with E-state index in [0.29, 0.717) is 5.13 Å². The zero-order valence-corrected chi connectivity index (χ0v) is 14.7. The second kappa shape index (κ2) is 5.45. The van der Waals surface area contributed by atoms with Gasteiger partial charge in [-0.2, -0.15) is 0 Å². The molecule has 24 heavy (non-hydrogen) atoms. The van der Waals surface area contributed by atoms with Crippen molar-refractivity contribution in [1.82, 2.24) is 4.98 Å². The minimum atomic E-state index is -0.876. The summed E-state index contributed by atoms with van der Waals surface area (Å²) in [4.78, 5) is 16.7. The maximum atomic E-state index is 12.7. The first-order valence-corrected chi connectivity index (χ1v) is 8.69. The fourth-order valence-electron chi connectivity index (χ4n) is 3.29. The van der Waals surface area contributed by atoms with Gasteiger partial charge >= 0.3 is 0 Å². The highest BCUT2D eigenvalue weighted by atomic mass is 32.1. The van der Waals surface area contributed by atoms with Gasteiger partial charge in [-0.25, -0.2) is 4.98 Å². The number of thiazole rings is 1. The number of nitrogens with zero attached hydrogens (tertiary/aromatic N) is 1. The molecular formula is C15H20N2O6S. The molecule has 0 bridgehead atoms. The van der Waals surface area contributed by atoms with Gasteiger partial charge in [-0.05, 0) is 27.7 Å². The van der Waals surface area contributed by atoms with Gasteiger partial charge in [0.15, 0.2) is 29.1 Å². The number of aromatic nitrogens is 1. The first kappa shape index (κ1) is 16.4. The zero-order chi connectivity index (χ0) is 17.1. The standard InChI is InChI=1S/C15H20N2O6S/c1-14(2)20-7-8(21-14)10-12(23-15(3,4)22-10)19-9(7)11(18)17-13-16-5-6-24-13/h5-10,12H,1-4H3,(H,16,17,18)/t7-,8+,9+,10-,12+/m1/s1. The Bertz CT molecular complexity index is 634. The van der Waals surface area contributed by atoms with Crippen molar-refractivity contribution in [2.45, 2.75) is 70.0 Å². The van der Waals surface area contributed by atoms with Gasteiger partial charge in [-0.1, -0.05) is 0 Å². The minimum absolute atomic E-state index is 0.340.